The summed E-state index contributed by atoms with van der Waals surface area (Å²) in [5.41, 5.74) is 16.6. The number of aromatic hydroxyl groups is 1. The minimum Gasteiger partial charge on any atom is -0.507 e. The van der Waals surface area contributed by atoms with Crippen LogP contribution in [0, 0.1) is 6.85 Å². The molecule has 0 atom stereocenters. The summed E-state index contributed by atoms with van der Waals surface area (Å²) in [6.45, 7) is 23.1. The van der Waals surface area contributed by atoms with Crippen molar-refractivity contribution in [3.8, 4) is 78.6 Å². The average Bonchev–Trinajstić information content (AvgIpc) is 3.74. The number of nitrogens with zero attached hydrogens (tertiary/aromatic N) is 3. The summed E-state index contributed by atoms with van der Waals surface area (Å²) in [7, 11) is 0. The van der Waals surface area contributed by atoms with Crippen LogP contribution < -0.4 is 0 Å². The molecule has 0 saturated heterocycles. The second kappa shape index (κ2) is 18.7. The van der Waals surface area contributed by atoms with Crippen LogP contribution in [-0.4, -0.2) is 19.6 Å². The van der Waals surface area contributed by atoms with Gasteiger partial charge in [-0.2, -0.15) is 0 Å². The Morgan fingerprint density at radius 3 is 1.84 bits per heavy atom. The number of phenols is 1. The molecule has 4 nitrogen and oxygen atoms in total. The summed E-state index contributed by atoms with van der Waals surface area (Å²) in [5.74, 6) is 0.105. The number of hydrogen-bond acceptors (Lipinski definition) is 3. The van der Waals surface area contributed by atoms with E-state index in [1.807, 2.05) is 80.7 Å². The van der Waals surface area contributed by atoms with Crippen LogP contribution in [0.2, 0.25) is 0 Å². The number of aromatic nitrogens is 3. The lowest BCUT2D eigenvalue weighted by Gasteiger charge is -2.22. The molecule has 70 heavy (non-hydrogen) atoms. The summed E-state index contributed by atoms with van der Waals surface area (Å²) in [6, 6.07) is 51.7. The first kappa shape index (κ1) is 43.0. The first-order valence-electron chi connectivity index (χ1n) is 26.7. The van der Waals surface area contributed by atoms with E-state index < -0.39 is 12.7 Å². The molecular formula is C66H69N3O. The van der Waals surface area contributed by atoms with Crippen molar-refractivity contribution in [1.82, 2.24) is 14.5 Å². The number of rotatable bonds is 10. The van der Waals surface area contributed by atoms with Crippen molar-refractivity contribution in [3.05, 3.63) is 191 Å². The molecule has 7 aromatic carbocycles. The maximum atomic E-state index is 12.6. The van der Waals surface area contributed by atoms with Gasteiger partial charge in [-0.15, -0.1) is 0 Å². The van der Waals surface area contributed by atoms with Crippen molar-refractivity contribution in [3.63, 3.8) is 0 Å². The Labute approximate surface area is 422 Å². The standard InChI is InChI=1S/C66H69N3O/c1-40(2)44-22-24-45(25-23-44)48-30-31-67-59(38-48)51-33-50(34-53(35-51)66(11,12)13)54-20-17-21-60-62(54)68-64(58-37-49(41(3)4)36-55(42(5)6)63(58)70)69(60)61-32-43(7)56(46-18-15-14-16-19-46)39-57(61)47-26-28-52(29-27-47)65(8,9)10/h14-42,70H,1-13H3/i7D3,40D. The van der Waals surface area contributed by atoms with Crippen molar-refractivity contribution < 1.29 is 10.6 Å². The van der Waals surface area contributed by atoms with Crippen LogP contribution in [0.1, 0.15) is 140 Å². The quantitative estimate of drug-likeness (QED) is 0.149. The SMILES string of the molecule is [2H]C([2H])([2H])c1cc(-n2c(-c3cc(C(C)C)cc(C(C)C)c3O)nc3c(-c4cc(-c5cc(-c6ccc(C([2H])(C)C)cc6)ccn5)cc(C(C)(C)C)c4)cccc32)c(-c2ccc(C(C)(C)C)cc2)cc1-c1ccccc1. The molecule has 0 aliphatic heterocycles. The van der Waals surface area contributed by atoms with Gasteiger partial charge in [0.15, 0.2) is 0 Å². The van der Waals surface area contributed by atoms with E-state index in [9.17, 15) is 5.11 Å². The molecule has 0 amide bonds. The van der Waals surface area contributed by atoms with Gasteiger partial charge in [0.1, 0.15) is 11.6 Å². The molecular weight excluding hydrogens is 851 g/mol. The molecule has 9 aromatic rings. The van der Waals surface area contributed by atoms with Crippen molar-refractivity contribution in [2.45, 2.75) is 118 Å². The Balaban J connectivity index is 1.37. The van der Waals surface area contributed by atoms with Gasteiger partial charge >= 0.3 is 0 Å². The zero-order chi connectivity index (χ0) is 53.2. The van der Waals surface area contributed by atoms with Gasteiger partial charge in [0.05, 0.1) is 28.0 Å². The lowest BCUT2D eigenvalue weighted by atomic mass is 9.83. The largest absolute Gasteiger partial charge is 0.507 e. The van der Waals surface area contributed by atoms with Crippen molar-refractivity contribution >= 4 is 11.0 Å². The summed E-state index contributed by atoms with van der Waals surface area (Å²) in [5, 5.41) is 12.6. The zero-order valence-corrected chi connectivity index (χ0v) is 43.0. The fraction of sp³-hybridized carbons (Fsp3) is 0.273. The van der Waals surface area contributed by atoms with Gasteiger partial charge in [-0.3, -0.25) is 9.55 Å². The van der Waals surface area contributed by atoms with E-state index in [-0.39, 0.29) is 34.0 Å². The number of fused-ring (bicyclic) bond motifs is 1. The molecule has 0 aliphatic carbocycles. The van der Waals surface area contributed by atoms with Crippen molar-refractivity contribution in [2.24, 2.45) is 0 Å². The maximum absolute atomic E-state index is 12.6. The molecule has 354 valence electrons. The summed E-state index contributed by atoms with van der Waals surface area (Å²) in [6.07, 6.45) is 1.86. The van der Waals surface area contributed by atoms with Crippen LogP contribution in [0.3, 0.4) is 0 Å². The second-order valence-corrected chi connectivity index (χ2v) is 21.9. The fourth-order valence-corrected chi connectivity index (χ4v) is 9.52. The van der Waals surface area contributed by atoms with Crippen LogP contribution in [0.4, 0.5) is 0 Å². The van der Waals surface area contributed by atoms with Gasteiger partial charge in [0, 0.05) is 28.4 Å². The number of pyridine rings is 1. The van der Waals surface area contributed by atoms with Gasteiger partial charge in [-0.1, -0.05) is 186 Å². The van der Waals surface area contributed by atoms with Crippen LogP contribution in [0.25, 0.3) is 83.9 Å². The van der Waals surface area contributed by atoms with E-state index in [1.54, 1.807) is 0 Å². The molecule has 0 fully saturated rings. The summed E-state index contributed by atoms with van der Waals surface area (Å²) in [4.78, 5) is 10.6. The van der Waals surface area contributed by atoms with Gasteiger partial charge in [0.2, 0.25) is 0 Å². The number of aryl methyl sites for hydroxylation is 1. The van der Waals surface area contributed by atoms with E-state index in [2.05, 4.69) is 165 Å². The van der Waals surface area contributed by atoms with Crippen molar-refractivity contribution in [2.75, 3.05) is 0 Å². The van der Waals surface area contributed by atoms with E-state index in [4.69, 9.17) is 15.5 Å². The minimum atomic E-state index is -2.49. The average molecular weight is 924 g/mol. The van der Waals surface area contributed by atoms with E-state index >= 15 is 0 Å². The van der Waals surface area contributed by atoms with Crippen LogP contribution in [0.5, 0.6) is 5.75 Å². The third-order valence-corrected chi connectivity index (χ3v) is 13.9. The van der Waals surface area contributed by atoms with Crippen LogP contribution in [0.15, 0.2) is 158 Å². The monoisotopic (exact) mass is 924 g/mol. The summed E-state index contributed by atoms with van der Waals surface area (Å²) >= 11 is 0. The highest BCUT2D eigenvalue weighted by atomic mass is 16.3. The third-order valence-electron chi connectivity index (χ3n) is 13.9. The number of phenolic OH excluding ortho intramolecular Hbond substituents is 1. The van der Waals surface area contributed by atoms with Gasteiger partial charge in [-0.05, 0) is 151 Å². The third kappa shape index (κ3) is 9.37. The molecule has 2 heterocycles. The maximum Gasteiger partial charge on any atom is 0.149 e. The minimum absolute atomic E-state index is 0.00507. The molecule has 0 spiro atoms. The first-order chi connectivity index (χ1) is 34.8. The van der Waals surface area contributed by atoms with Crippen molar-refractivity contribution in [1.29, 1.82) is 0 Å². The lowest BCUT2D eigenvalue weighted by molar-refractivity contribution is 0.466. The Bertz CT molecular complexity index is 3530. The predicted molar refractivity (Wildman–Crippen MR) is 298 cm³/mol. The molecule has 0 radical (unpaired) electrons. The lowest BCUT2D eigenvalue weighted by Crippen LogP contribution is -2.11. The molecule has 9 rings (SSSR count). The molecule has 2 aromatic heterocycles. The topological polar surface area (TPSA) is 50.9 Å². The van der Waals surface area contributed by atoms with E-state index in [0.29, 0.717) is 28.2 Å². The number of benzene rings is 7. The Morgan fingerprint density at radius 2 is 1.20 bits per heavy atom. The van der Waals surface area contributed by atoms with Gasteiger partial charge in [-0.25, -0.2) is 4.98 Å². The van der Waals surface area contributed by atoms with Gasteiger partial charge in [0.25, 0.3) is 0 Å². The Kier molecular flexibility index (Phi) is 11.5. The fourth-order valence-electron chi connectivity index (χ4n) is 9.52. The Hall–Kier alpha value is -7.04. The molecule has 0 bridgehead atoms. The molecule has 4 heteroatoms. The highest BCUT2D eigenvalue weighted by Crippen LogP contribution is 2.46. The second-order valence-electron chi connectivity index (χ2n) is 21.9. The zero-order valence-electron chi connectivity index (χ0n) is 47.0. The number of para-hydroxylation sites is 1. The molecule has 1 N–H and O–H groups in total. The highest BCUT2D eigenvalue weighted by molar-refractivity contribution is 5.98. The van der Waals surface area contributed by atoms with Gasteiger partial charge < -0.3 is 5.11 Å². The van der Waals surface area contributed by atoms with E-state index in [1.165, 1.54) is 5.56 Å². The van der Waals surface area contributed by atoms with Crippen LogP contribution >= 0.6 is 0 Å². The number of imidazole rings is 1. The summed E-state index contributed by atoms with van der Waals surface area (Å²) < 4.78 is 37.9. The normalized spacial score (nSPS) is 13.4. The Morgan fingerprint density at radius 1 is 0.529 bits per heavy atom. The molecule has 0 saturated carbocycles. The highest BCUT2D eigenvalue weighted by Gasteiger charge is 2.27. The number of hydrogen-bond donors (Lipinski definition) is 1. The molecule has 0 unspecified atom stereocenters. The first-order valence-corrected chi connectivity index (χ1v) is 24.7. The van der Waals surface area contributed by atoms with Crippen LogP contribution in [-0.2, 0) is 10.8 Å². The smallest absolute Gasteiger partial charge is 0.149 e. The van der Waals surface area contributed by atoms with E-state index in [0.717, 1.165) is 78.0 Å². The predicted octanol–water partition coefficient (Wildman–Crippen LogP) is 18.4. The molecule has 0 aliphatic rings.